The number of fused-ring (bicyclic) bond motifs is 1. The molecule has 0 amide bonds. The number of nitrogens with two attached hydrogens (primary N) is 1. The van der Waals surface area contributed by atoms with E-state index in [2.05, 4.69) is 23.8 Å². The van der Waals surface area contributed by atoms with E-state index in [1.54, 1.807) is 0 Å². The summed E-state index contributed by atoms with van der Waals surface area (Å²) in [6.07, 6.45) is -3.11. The minimum absolute atomic E-state index is 0.0944. The maximum Gasteiger partial charge on any atom is 0.273 e. The second-order valence-electron chi connectivity index (χ2n) is 5.38. The highest BCUT2D eigenvalue weighted by Crippen LogP contribution is 2.60. The van der Waals surface area contributed by atoms with Crippen LogP contribution in [0.25, 0.3) is 11.2 Å². The third kappa shape index (κ3) is 4.64. The molecule has 0 radical (unpaired) electrons. The zero-order valence-electron chi connectivity index (χ0n) is 13.1. The number of nitrogen functional groups attached to an aromatic ring is 1. The van der Waals surface area contributed by atoms with Gasteiger partial charge in [0.2, 0.25) is 5.24 Å². The maximum absolute atomic E-state index is 11.5. The van der Waals surface area contributed by atoms with Crippen LogP contribution in [-0.4, -0.2) is 54.7 Å². The Morgan fingerprint density at radius 2 is 2.00 bits per heavy atom. The Hall–Kier alpha value is -0.740. The summed E-state index contributed by atoms with van der Waals surface area (Å²) in [4.78, 5) is 34.1. The van der Waals surface area contributed by atoms with Gasteiger partial charge in [-0.3, -0.25) is 18.0 Å². The number of rotatable bonds is 6. The Morgan fingerprint density at radius 1 is 1.30 bits per heavy atom. The molecule has 2 aromatic rings. The third-order valence-electron chi connectivity index (χ3n) is 3.59. The van der Waals surface area contributed by atoms with Gasteiger partial charge >= 0.3 is 0 Å². The van der Waals surface area contributed by atoms with E-state index in [0.29, 0.717) is 0 Å². The van der Waals surface area contributed by atoms with Crippen LogP contribution in [0, 0.1) is 0 Å². The largest absolute Gasteiger partial charge is 0.770 e. The van der Waals surface area contributed by atoms with Crippen molar-refractivity contribution in [2.45, 2.75) is 24.5 Å². The van der Waals surface area contributed by atoms with Crippen molar-refractivity contribution in [1.82, 2.24) is 19.5 Å². The molecule has 4 N–H and O–H groups in total. The third-order valence-corrected chi connectivity index (χ3v) is 7.22. The molecule has 27 heavy (non-hydrogen) atoms. The van der Waals surface area contributed by atoms with Gasteiger partial charge in [-0.05, 0) is 0 Å². The van der Waals surface area contributed by atoms with Gasteiger partial charge < -0.3 is 35.0 Å². The molecule has 4 unspecified atom stereocenters. The van der Waals surface area contributed by atoms with Gasteiger partial charge in [-0.2, -0.15) is 0 Å². The van der Waals surface area contributed by atoms with Crippen LogP contribution in [0.3, 0.4) is 0 Å². The summed E-state index contributed by atoms with van der Waals surface area (Å²) in [5.74, 6) is 0.0944. The Kier molecular flexibility index (Phi) is 5.90. The average Bonchev–Trinajstić information content (AvgIpc) is 3.07. The van der Waals surface area contributed by atoms with E-state index in [1.165, 1.54) is 17.2 Å². The van der Waals surface area contributed by atoms with Crippen LogP contribution in [-0.2, 0) is 22.7 Å². The number of anilines is 1. The Balaban J connectivity index is 1.75. The monoisotopic (exact) mass is 535 g/mol. The quantitative estimate of drug-likeness (QED) is 0.282. The number of halogens is 1. The van der Waals surface area contributed by atoms with E-state index in [9.17, 15) is 29.1 Å². The van der Waals surface area contributed by atoms with E-state index in [-0.39, 0.29) is 17.0 Å². The molecule has 3 rings (SSSR count). The molecule has 3 heterocycles. The Morgan fingerprint density at radius 3 is 2.67 bits per heavy atom. The van der Waals surface area contributed by atoms with Crippen molar-refractivity contribution in [3.63, 3.8) is 0 Å². The first-order valence-electron chi connectivity index (χ1n) is 7.11. The predicted octanol–water partition coefficient (Wildman–Crippen LogP) is -1.57. The second kappa shape index (κ2) is 7.59. The molecule has 0 spiro atoms. The highest BCUT2D eigenvalue weighted by atomic mass is 127. The SMILES string of the molecule is Nc1ncnc2c1ncn2[C@@H]1O[C@H](COP(=O)([O-])OP(=O)([O-])I)C(O)C1O. The van der Waals surface area contributed by atoms with Gasteiger partial charge in [0.1, 0.15) is 30.2 Å². The fourth-order valence-corrected chi connectivity index (χ4v) is 5.88. The molecule has 1 aliphatic heterocycles. The van der Waals surface area contributed by atoms with Gasteiger partial charge in [0.25, 0.3) is 7.82 Å². The number of hydrogen-bond acceptors (Lipinski definition) is 13. The summed E-state index contributed by atoms with van der Waals surface area (Å²) >= 11 is 0.790. The Bertz CT molecular complexity index is 937. The van der Waals surface area contributed by atoms with E-state index >= 15 is 0 Å². The molecule has 6 atom stereocenters. The average molecular weight is 535 g/mol. The first-order valence-corrected chi connectivity index (χ1v) is 12.9. The molecule has 1 aliphatic rings. The molecular weight excluding hydrogens is 523 g/mol. The van der Waals surface area contributed by atoms with Crippen molar-refractivity contribution in [3.05, 3.63) is 12.7 Å². The van der Waals surface area contributed by atoms with Crippen molar-refractivity contribution in [2.24, 2.45) is 0 Å². The molecule has 1 fully saturated rings. The second-order valence-corrected chi connectivity index (χ2v) is 11.6. The lowest BCUT2D eigenvalue weighted by Crippen LogP contribution is -2.34. The van der Waals surface area contributed by atoms with Crippen LogP contribution in [0.2, 0.25) is 0 Å². The fourth-order valence-electron chi connectivity index (χ4n) is 2.46. The maximum atomic E-state index is 11.5. The number of aliphatic hydroxyl groups is 2. The number of ether oxygens (including phenoxy) is 1. The molecule has 0 bridgehead atoms. The normalized spacial score (nSPS) is 30.3. The summed E-state index contributed by atoms with van der Waals surface area (Å²) in [5.41, 5.74) is 6.14. The van der Waals surface area contributed by atoms with Gasteiger partial charge in [-0.15, -0.1) is 0 Å². The molecular formula is C10H12IN5O9P2-2. The number of aliphatic hydroxyl groups excluding tert-OH is 2. The van der Waals surface area contributed by atoms with Crippen molar-refractivity contribution < 1.29 is 42.7 Å². The predicted molar refractivity (Wildman–Crippen MR) is 91.9 cm³/mol. The van der Waals surface area contributed by atoms with E-state index in [0.717, 1.165) is 22.0 Å². The van der Waals surface area contributed by atoms with Crippen LogP contribution in [0.4, 0.5) is 5.82 Å². The molecule has 14 nitrogen and oxygen atoms in total. The lowest BCUT2D eigenvalue weighted by atomic mass is 10.1. The van der Waals surface area contributed by atoms with Crippen molar-refractivity contribution >= 4 is 52.1 Å². The van der Waals surface area contributed by atoms with Crippen LogP contribution >= 0.6 is 35.1 Å². The van der Waals surface area contributed by atoms with Gasteiger partial charge in [0.15, 0.2) is 17.7 Å². The van der Waals surface area contributed by atoms with Crippen molar-refractivity contribution in [1.29, 1.82) is 0 Å². The molecule has 0 saturated carbocycles. The number of aromatic nitrogens is 4. The molecule has 1 saturated heterocycles. The van der Waals surface area contributed by atoms with E-state index in [4.69, 9.17) is 10.5 Å². The minimum Gasteiger partial charge on any atom is -0.770 e. The minimum atomic E-state index is -5.20. The summed E-state index contributed by atoms with van der Waals surface area (Å²) in [5, 5.41) is 15.7. The lowest BCUT2D eigenvalue weighted by molar-refractivity contribution is -0.230. The summed E-state index contributed by atoms with van der Waals surface area (Å²) in [6, 6.07) is 0. The van der Waals surface area contributed by atoms with Crippen LogP contribution < -0.4 is 15.5 Å². The number of imidazole rings is 1. The smallest absolute Gasteiger partial charge is 0.273 e. The first kappa shape index (κ1) is 21.0. The Labute approximate surface area is 163 Å². The zero-order valence-corrected chi connectivity index (χ0v) is 17.0. The first-order chi connectivity index (χ1) is 12.5. The summed E-state index contributed by atoms with van der Waals surface area (Å²) < 4.78 is 37.3. The number of hydrogen-bond donors (Lipinski definition) is 3. The van der Waals surface area contributed by atoms with E-state index < -0.39 is 44.2 Å². The summed E-state index contributed by atoms with van der Waals surface area (Å²) in [7, 11) is -5.20. The standard InChI is InChI=1S/C10H14IN5O9P2/c11-26(19,20)25-27(21,22)23-1-4-6(17)7(18)10(24-4)16-3-15-5-8(12)13-2-14-9(5)16/h2-4,6-7,10,17-18H,1H2,(H,19,20)(H,21,22)(H2,12,13,14)/p-2/t4-,6?,7?,10-/m1/s1. The lowest BCUT2D eigenvalue weighted by Gasteiger charge is -2.28. The summed E-state index contributed by atoms with van der Waals surface area (Å²) in [6.45, 7) is -0.796. The van der Waals surface area contributed by atoms with Crippen molar-refractivity contribution in [2.75, 3.05) is 12.3 Å². The van der Waals surface area contributed by atoms with Gasteiger partial charge in [-0.25, -0.2) is 15.0 Å². The van der Waals surface area contributed by atoms with Crippen LogP contribution in [0.15, 0.2) is 12.7 Å². The fraction of sp³-hybridized carbons (Fsp3) is 0.500. The van der Waals surface area contributed by atoms with Gasteiger partial charge in [0.05, 0.1) is 12.9 Å². The molecule has 150 valence electrons. The van der Waals surface area contributed by atoms with Crippen molar-refractivity contribution in [3.8, 4) is 0 Å². The number of nitrogens with zero attached hydrogens (tertiary/aromatic N) is 4. The van der Waals surface area contributed by atoms with Crippen LogP contribution in [0.1, 0.15) is 6.23 Å². The molecule has 17 heteroatoms. The number of phosphoric ester groups is 1. The molecule has 0 aromatic carbocycles. The highest BCUT2D eigenvalue weighted by Gasteiger charge is 2.45. The zero-order chi connectivity index (χ0) is 20.0. The topological polar surface area (TPSA) is 218 Å². The number of phosphoric acid groups is 1. The van der Waals surface area contributed by atoms with Crippen LogP contribution in [0.5, 0.6) is 0 Å². The van der Waals surface area contributed by atoms with Gasteiger partial charge in [0, 0.05) is 22.0 Å². The molecule has 0 aliphatic carbocycles. The molecule has 2 aromatic heterocycles. The van der Waals surface area contributed by atoms with E-state index in [1.807, 2.05) is 0 Å². The highest BCUT2D eigenvalue weighted by molar-refractivity contribution is 14.2. The van der Waals surface area contributed by atoms with Gasteiger partial charge in [-0.1, -0.05) is 0 Å².